The molecule has 40 heavy (non-hydrogen) atoms. The van der Waals surface area contributed by atoms with E-state index in [9.17, 15) is 30.8 Å². The molecule has 0 aromatic heterocycles. The number of methoxy groups -OCH3 is 2. The molecule has 0 spiro atoms. The van der Waals surface area contributed by atoms with Crippen LogP contribution in [0.4, 0.5) is 28.9 Å². The van der Waals surface area contributed by atoms with E-state index < -0.39 is 39.1 Å². The van der Waals surface area contributed by atoms with Crippen molar-refractivity contribution in [3.8, 4) is 11.5 Å². The number of sulfonamides is 1. The van der Waals surface area contributed by atoms with Crippen molar-refractivity contribution in [1.82, 2.24) is 4.90 Å². The molecule has 1 saturated heterocycles. The molecule has 0 radical (unpaired) electrons. The van der Waals surface area contributed by atoms with Crippen molar-refractivity contribution in [1.29, 1.82) is 0 Å². The Labute approximate surface area is 229 Å². The maximum atomic E-state index is 13.5. The Balaban J connectivity index is 1.55. The third kappa shape index (κ3) is 5.79. The zero-order chi connectivity index (χ0) is 29.2. The molecule has 1 amide bonds. The first-order chi connectivity index (χ1) is 18.9. The molecule has 1 aliphatic heterocycles. The summed E-state index contributed by atoms with van der Waals surface area (Å²) in [6.45, 7) is 0.504. The number of piperazine rings is 1. The van der Waals surface area contributed by atoms with E-state index in [0.717, 1.165) is 16.4 Å². The van der Waals surface area contributed by atoms with Crippen LogP contribution < -0.4 is 18.7 Å². The third-order valence-electron chi connectivity index (χ3n) is 6.67. The van der Waals surface area contributed by atoms with Gasteiger partial charge >= 0.3 is 6.18 Å². The van der Waals surface area contributed by atoms with Crippen molar-refractivity contribution >= 4 is 27.3 Å². The summed E-state index contributed by atoms with van der Waals surface area (Å²) < 4.78 is 92.3. The summed E-state index contributed by atoms with van der Waals surface area (Å²) >= 11 is 0. The van der Waals surface area contributed by atoms with Crippen molar-refractivity contribution in [2.45, 2.75) is 11.1 Å². The predicted octanol–water partition coefficient (Wildman–Crippen LogP) is 4.65. The van der Waals surface area contributed by atoms with Gasteiger partial charge in [0.2, 0.25) is 0 Å². The molecule has 0 unspecified atom stereocenters. The van der Waals surface area contributed by atoms with Crippen LogP contribution in [0.5, 0.6) is 11.5 Å². The fourth-order valence-corrected chi connectivity index (χ4v) is 5.64. The smallest absolute Gasteiger partial charge is 0.417 e. The second kappa shape index (κ2) is 11.2. The summed E-state index contributed by atoms with van der Waals surface area (Å²) in [5, 5.41) is 0. The van der Waals surface area contributed by atoms with Crippen LogP contribution in [-0.4, -0.2) is 66.7 Å². The standard InChI is InChI=1S/C27H27F4N3O5S/c1-32(19-5-7-20(38-2)8-6-19)40(36,37)21-9-11-25(39-3)24(17-21)33-12-14-34(15-13-33)26(35)22-10-4-18(28)16-23(22)27(29,30)31/h4-11,16-17H,12-15H2,1-3H3. The van der Waals surface area contributed by atoms with Gasteiger partial charge in [0.1, 0.15) is 17.3 Å². The highest BCUT2D eigenvalue weighted by molar-refractivity contribution is 7.92. The lowest BCUT2D eigenvalue weighted by Crippen LogP contribution is -2.49. The second-order valence-corrected chi connectivity index (χ2v) is 10.9. The average Bonchev–Trinajstić information content (AvgIpc) is 2.95. The van der Waals surface area contributed by atoms with E-state index in [1.807, 2.05) is 0 Å². The largest absolute Gasteiger partial charge is 0.497 e. The number of nitrogens with zero attached hydrogens (tertiary/aromatic N) is 3. The number of ether oxygens (including phenoxy) is 2. The Morgan fingerprint density at radius 1 is 0.900 bits per heavy atom. The van der Waals surface area contributed by atoms with Gasteiger partial charge in [-0.3, -0.25) is 9.10 Å². The van der Waals surface area contributed by atoms with Gasteiger partial charge in [-0.15, -0.1) is 0 Å². The zero-order valence-electron chi connectivity index (χ0n) is 21.9. The van der Waals surface area contributed by atoms with Crippen LogP contribution in [0.3, 0.4) is 0 Å². The monoisotopic (exact) mass is 581 g/mol. The summed E-state index contributed by atoms with van der Waals surface area (Å²) in [4.78, 5) is 16.0. The summed E-state index contributed by atoms with van der Waals surface area (Å²) in [5.74, 6) is -0.985. The molecule has 8 nitrogen and oxygen atoms in total. The fourth-order valence-electron chi connectivity index (χ4n) is 4.42. The highest BCUT2D eigenvalue weighted by Crippen LogP contribution is 2.35. The van der Waals surface area contributed by atoms with E-state index in [1.54, 1.807) is 29.2 Å². The van der Waals surface area contributed by atoms with Gasteiger partial charge in [0.25, 0.3) is 15.9 Å². The van der Waals surface area contributed by atoms with Crippen LogP contribution >= 0.6 is 0 Å². The minimum Gasteiger partial charge on any atom is -0.497 e. The van der Waals surface area contributed by atoms with Gasteiger partial charge in [-0.25, -0.2) is 12.8 Å². The fraction of sp³-hybridized carbons (Fsp3) is 0.296. The van der Waals surface area contributed by atoms with Crippen molar-refractivity contribution in [2.24, 2.45) is 0 Å². The molecule has 0 saturated carbocycles. The minimum absolute atomic E-state index is 0.00116. The second-order valence-electron chi connectivity index (χ2n) is 8.97. The van der Waals surface area contributed by atoms with Gasteiger partial charge < -0.3 is 19.3 Å². The van der Waals surface area contributed by atoms with Crippen molar-refractivity contribution in [2.75, 3.05) is 56.7 Å². The number of alkyl halides is 3. The van der Waals surface area contributed by atoms with Crippen LogP contribution in [0, 0.1) is 5.82 Å². The van der Waals surface area contributed by atoms with Crippen molar-refractivity contribution < 1.29 is 40.2 Å². The van der Waals surface area contributed by atoms with Crippen molar-refractivity contribution in [3.63, 3.8) is 0 Å². The molecule has 4 rings (SSSR count). The number of rotatable bonds is 7. The average molecular weight is 582 g/mol. The lowest BCUT2D eigenvalue weighted by Gasteiger charge is -2.37. The molecule has 1 fully saturated rings. The number of amides is 1. The normalized spacial score (nSPS) is 14.2. The lowest BCUT2D eigenvalue weighted by molar-refractivity contribution is -0.138. The molecule has 0 bridgehead atoms. The molecule has 3 aromatic rings. The highest BCUT2D eigenvalue weighted by Gasteiger charge is 2.37. The third-order valence-corrected chi connectivity index (χ3v) is 8.45. The Kier molecular flexibility index (Phi) is 8.15. The number of carbonyl (C=O) groups is 1. The first kappa shape index (κ1) is 29.0. The van der Waals surface area contributed by atoms with Gasteiger partial charge in [-0.2, -0.15) is 13.2 Å². The topological polar surface area (TPSA) is 79.4 Å². The molecular weight excluding hydrogens is 554 g/mol. The maximum Gasteiger partial charge on any atom is 0.417 e. The van der Waals surface area contributed by atoms with Crippen LogP contribution in [0.1, 0.15) is 15.9 Å². The number of hydrogen-bond donors (Lipinski definition) is 0. The summed E-state index contributed by atoms with van der Waals surface area (Å²) in [6, 6.07) is 12.9. The van der Waals surface area contributed by atoms with Gasteiger partial charge in [-0.1, -0.05) is 0 Å². The van der Waals surface area contributed by atoms with Crippen LogP contribution in [0.25, 0.3) is 0 Å². The minimum atomic E-state index is -4.90. The molecule has 0 aliphatic carbocycles. The number of benzene rings is 3. The summed E-state index contributed by atoms with van der Waals surface area (Å²) in [6.07, 6.45) is -4.90. The Morgan fingerprint density at radius 3 is 2.12 bits per heavy atom. The Hall–Kier alpha value is -4.00. The lowest BCUT2D eigenvalue weighted by atomic mass is 10.0. The molecule has 13 heteroatoms. The molecule has 1 heterocycles. The SMILES string of the molecule is COc1ccc(N(C)S(=O)(=O)c2ccc(OC)c(N3CCN(C(=O)c4ccc(F)cc4C(F)(F)F)CC3)c2)cc1. The Morgan fingerprint density at radius 2 is 1.55 bits per heavy atom. The summed E-state index contributed by atoms with van der Waals surface area (Å²) in [5.41, 5.74) is -1.09. The van der Waals surface area contributed by atoms with Gasteiger partial charge in [0.15, 0.2) is 0 Å². The Bertz CT molecular complexity index is 1490. The van der Waals surface area contributed by atoms with E-state index in [1.165, 1.54) is 44.4 Å². The molecule has 0 atom stereocenters. The van der Waals surface area contributed by atoms with Gasteiger partial charge in [0, 0.05) is 33.2 Å². The highest BCUT2D eigenvalue weighted by atomic mass is 32.2. The molecule has 1 aliphatic rings. The van der Waals surface area contributed by atoms with Crippen molar-refractivity contribution in [3.05, 3.63) is 77.6 Å². The predicted molar refractivity (Wildman–Crippen MR) is 141 cm³/mol. The van der Waals surface area contributed by atoms with E-state index in [4.69, 9.17) is 9.47 Å². The number of halogens is 4. The van der Waals surface area contributed by atoms with Crippen LogP contribution in [-0.2, 0) is 16.2 Å². The quantitative estimate of drug-likeness (QED) is 0.378. The first-order valence-electron chi connectivity index (χ1n) is 12.1. The molecule has 0 N–H and O–H groups in total. The first-order valence-corrected chi connectivity index (χ1v) is 13.5. The van der Waals surface area contributed by atoms with Gasteiger partial charge in [-0.05, 0) is 60.7 Å². The zero-order valence-corrected chi connectivity index (χ0v) is 22.7. The molecule has 214 valence electrons. The number of anilines is 2. The van der Waals surface area contributed by atoms with Crippen LogP contribution in [0.2, 0.25) is 0 Å². The van der Waals surface area contributed by atoms with E-state index in [-0.39, 0.29) is 31.1 Å². The maximum absolute atomic E-state index is 13.5. The van der Waals surface area contributed by atoms with E-state index in [0.29, 0.717) is 28.9 Å². The summed E-state index contributed by atoms with van der Waals surface area (Å²) in [7, 11) is 0.396. The molecule has 3 aromatic carbocycles. The molecular formula is C27H27F4N3O5S. The number of carbonyl (C=O) groups excluding carboxylic acids is 1. The van der Waals surface area contributed by atoms with E-state index in [2.05, 4.69) is 0 Å². The number of hydrogen-bond acceptors (Lipinski definition) is 6. The van der Waals surface area contributed by atoms with Crippen LogP contribution in [0.15, 0.2) is 65.6 Å². The van der Waals surface area contributed by atoms with E-state index >= 15 is 0 Å². The van der Waals surface area contributed by atoms with Gasteiger partial charge in [0.05, 0.1) is 41.6 Å².